The highest BCUT2D eigenvalue weighted by Crippen LogP contribution is 2.35. The van der Waals surface area contributed by atoms with E-state index in [0.29, 0.717) is 29.9 Å². The highest BCUT2D eigenvalue weighted by molar-refractivity contribution is 5.81. The molecule has 2 aromatic heterocycles. The van der Waals surface area contributed by atoms with Crippen LogP contribution in [-0.2, 0) is 11.2 Å². The van der Waals surface area contributed by atoms with Gasteiger partial charge in [0, 0.05) is 36.8 Å². The molecule has 1 aliphatic carbocycles. The third-order valence-electron chi connectivity index (χ3n) is 7.83. The van der Waals surface area contributed by atoms with Gasteiger partial charge in [-0.2, -0.15) is 0 Å². The van der Waals surface area contributed by atoms with Crippen molar-refractivity contribution >= 4 is 5.91 Å². The van der Waals surface area contributed by atoms with Crippen molar-refractivity contribution in [3.05, 3.63) is 47.0 Å². The van der Waals surface area contributed by atoms with Gasteiger partial charge in [-0.3, -0.25) is 4.79 Å². The molecule has 9 nitrogen and oxygen atoms in total. The summed E-state index contributed by atoms with van der Waals surface area (Å²) in [5.74, 6) is 3.07. The number of hydrogen-bond donors (Lipinski definition) is 2. The molecule has 1 aromatic carbocycles. The number of amides is 1. The normalized spacial score (nSPS) is 16.9. The monoisotopic (exact) mass is 533 g/mol. The first-order valence-electron chi connectivity index (χ1n) is 14.0. The van der Waals surface area contributed by atoms with E-state index in [1.54, 1.807) is 7.05 Å². The van der Waals surface area contributed by atoms with Gasteiger partial charge in [-0.05, 0) is 83.5 Å². The number of aryl methyl sites for hydroxylation is 2. The fourth-order valence-corrected chi connectivity index (χ4v) is 5.39. The second kappa shape index (κ2) is 11.8. The predicted octanol–water partition coefficient (Wildman–Crippen LogP) is 3.87. The van der Waals surface area contributed by atoms with E-state index in [4.69, 9.17) is 19.2 Å². The van der Waals surface area contributed by atoms with E-state index in [1.807, 2.05) is 38.1 Å². The SMILES string of the molecule is CNCC(O)COc1cccc(-c2nc(CC3CCN(C(=O)C4CC4)CC3)c(C)c(-c3c(C)noc3C)n2)c1. The van der Waals surface area contributed by atoms with E-state index in [9.17, 15) is 9.90 Å². The number of rotatable bonds is 10. The molecule has 9 heteroatoms. The van der Waals surface area contributed by atoms with Gasteiger partial charge in [-0.1, -0.05) is 17.3 Å². The zero-order valence-electron chi connectivity index (χ0n) is 23.4. The van der Waals surface area contributed by atoms with Crippen LogP contribution in [0.25, 0.3) is 22.6 Å². The third-order valence-corrected chi connectivity index (χ3v) is 7.83. The van der Waals surface area contributed by atoms with E-state index >= 15 is 0 Å². The van der Waals surface area contributed by atoms with Gasteiger partial charge in [0.25, 0.3) is 0 Å². The number of carbonyl (C=O) groups excluding carboxylic acids is 1. The number of piperidine rings is 1. The first kappa shape index (κ1) is 27.3. The zero-order chi connectivity index (χ0) is 27.5. The Morgan fingerprint density at radius 2 is 1.95 bits per heavy atom. The molecule has 1 aliphatic heterocycles. The maximum absolute atomic E-state index is 12.5. The summed E-state index contributed by atoms with van der Waals surface area (Å²) in [6.07, 6.45) is 4.30. The average Bonchev–Trinajstić information content (AvgIpc) is 3.74. The highest BCUT2D eigenvalue weighted by atomic mass is 16.5. The summed E-state index contributed by atoms with van der Waals surface area (Å²) in [6.45, 7) is 8.22. The van der Waals surface area contributed by atoms with Crippen LogP contribution >= 0.6 is 0 Å². The lowest BCUT2D eigenvalue weighted by atomic mass is 9.89. The molecule has 1 amide bonds. The van der Waals surface area contributed by atoms with Crippen LogP contribution in [0.5, 0.6) is 5.75 Å². The fourth-order valence-electron chi connectivity index (χ4n) is 5.39. The maximum Gasteiger partial charge on any atom is 0.225 e. The Hall–Kier alpha value is -3.30. The van der Waals surface area contributed by atoms with Gasteiger partial charge in [0.1, 0.15) is 24.2 Å². The lowest BCUT2D eigenvalue weighted by molar-refractivity contribution is -0.133. The van der Waals surface area contributed by atoms with Crippen molar-refractivity contribution in [1.82, 2.24) is 25.3 Å². The van der Waals surface area contributed by atoms with Gasteiger partial charge < -0.3 is 24.6 Å². The molecule has 0 spiro atoms. The largest absolute Gasteiger partial charge is 0.491 e. The van der Waals surface area contributed by atoms with Crippen LogP contribution in [0.4, 0.5) is 0 Å². The number of likely N-dealkylation sites (tertiary alicyclic amines) is 1. The second-order valence-corrected chi connectivity index (χ2v) is 11.0. The number of likely N-dealkylation sites (N-methyl/N-ethyl adjacent to an activating group) is 1. The van der Waals surface area contributed by atoms with Crippen LogP contribution in [0.15, 0.2) is 28.8 Å². The Morgan fingerprint density at radius 1 is 1.18 bits per heavy atom. The lowest BCUT2D eigenvalue weighted by Crippen LogP contribution is -2.39. The smallest absolute Gasteiger partial charge is 0.225 e. The molecular weight excluding hydrogens is 494 g/mol. The van der Waals surface area contributed by atoms with Crippen molar-refractivity contribution in [2.45, 2.75) is 59.0 Å². The van der Waals surface area contributed by atoms with Gasteiger partial charge in [0.2, 0.25) is 5.91 Å². The van der Waals surface area contributed by atoms with Gasteiger partial charge in [-0.15, -0.1) is 0 Å². The summed E-state index contributed by atoms with van der Waals surface area (Å²) in [6, 6.07) is 7.68. The molecule has 1 saturated carbocycles. The average molecular weight is 534 g/mol. The van der Waals surface area contributed by atoms with Crippen molar-refractivity contribution in [2.24, 2.45) is 11.8 Å². The minimum Gasteiger partial charge on any atom is -0.491 e. The number of aliphatic hydroxyl groups is 1. The first-order chi connectivity index (χ1) is 18.8. The Bertz CT molecular complexity index is 1290. The van der Waals surface area contributed by atoms with Crippen LogP contribution in [-0.4, -0.2) is 70.4 Å². The summed E-state index contributed by atoms with van der Waals surface area (Å²) < 4.78 is 11.3. The Kier molecular flexibility index (Phi) is 8.28. The highest BCUT2D eigenvalue weighted by Gasteiger charge is 2.35. The summed E-state index contributed by atoms with van der Waals surface area (Å²) in [4.78, 5) is 24.7. The van der Waals surface area contributed by atoms with Crippen molar-refractivity contribution in [2.75, 3.05) is 33.3 Å². The summed E-state index contributed by atoms with van der Waals surface area (Å²) in [5, 5.41) is 17.2. The van der Waals surface area contributed by atoms with E-state index in [0.717, 1.165) is 84.7 Å². The number of carbonyl (C=O) groups is 1. The van der Waals surface area contributed by atoms with Crippen molar-refractivity contribution in [1.29, 1.82) is 0 Å². The van der Waals surface area contributed by atoms with Crippen molar-refractivity contribution in [3.63, 3.8) is 0 Å². The third kappa shape index (κ3) is 6.31. The van der Waals surface area contributed by atoms with Crippen LogP contribution in [0, 0.1) is 32.6 Å². The fraction of sp³-hybridized carbons (Fsp3) is 0.533. The van der Waals surface area contributed by atoms with Gasteiger partial charge in [0.15, 0.2) is 5.82 Å². The van der Waals surface area contributed by atoms with E-state index in [1.165, 1.54) is 0 Å². The standard InChI is InChI=1S/C30H39N5O4/c1-18-26(14-21-10-12-35(13-11-21)30(37)22-8-9-22)32-29(33-28(18)27-19(2)34-39-20(27)3)23-6-5-7-25(15-23)38-17-24(36)16-31-4/h5-7,15,21-22,24,31,36H,8-14,16-17H2,1-4H3. The quantitative estimate of drug-likeness (QED) is 0.404. The van der Waals surface area contributed by atoms with Crippen LogP contribution < -0.4 is 10.1 Å². The van der Waals surface area contributed by atoms with Gasteiger partial charge in [0.05, 0.1) is 17.0 Å². The number of ether oxygens (including phenoxy) is 1. The number of nitrogens with one attached hydrogen (secondary N) is 1. The van der Waals surface area contributed by atoms with Crippen molar-refractivity contribution < 1.29 is 19.2 Å². The molecule has 3 aromatic rings. The molecule has 2 aliphatic rings. The number of aromatic nitrogens is 3. The minimum absolute atomic E-state index is 0.191. The summed E-state index contributed by atoms with van der Waals surface area (Å²) in [7, 11) is 1.80. The zero-order valence-corrected chi connectivity index (χ0v) is 23.4. The maximum atomic E-state index is 12.5. The molecule has 2 N–H and O–H groups in total. The number of aliphatic hydroxyl groups excluding tert-OH is 1. The Morgan fingerprint density at radius 3 is 2.62 bits per heavy atom. The molecule has 1 atom stereocenters. The van der Waals surface area contributed by atoms with E-state index < -0.39 is 6.10 Å². The molecule has 0 radical (unpaired) electrons. The topological polar surface area (TPSA) is 114 Å². The lowest BCUT2D eigenvalue weighted by Gasteiger charge is -2.32. The van der Waals surface area contributed by atoms with E-state index in [2.05, 4.69) is 22.3 Å². The van der Waals surface area contributed by atoms with Crippen LogP contribution in [0.1, 0.15) is 48.4 Å². The summed E-state index contributed by atoms with van der Waals surface area (Å²) in [5.41, 5.74) is 5.43. The molecule has 1 saturated heterocycles. The van der Waals surface area contributed by atoms with Crippen LogP contribution in [0.2, 0.25) is 0 Å². The molecule has 2 fully saturated rings. The predicted molar refractivity (Wildman–Crippen MR) is 148 cm³/mol. The Balaban J connectivity index is 1.42. The second-order valence-electron chi connectivity index (χ2n) is 11.0. The molecule has 5 rings (SSSR count). The number of benzene rings is 1. The van der Waals surface area contributed by atoms with Crippen LogP contribution in [0.3, 0.4) is 0 Å². The van der Waals surface area contributed by atoms with E-state index in [-0.39, 0.29) is 12.5 Å². The molecule has 208 valence electrons. The Labute approximate surface area is 230 Å². The first-order valence-corrected chi connectivity index (χ1v) is 14.0. The number of nitrogens with zero attached hydrogens (tertiary/aromatic N) is 4. The molecular formula is C30H39N5O4. The number of hydrogen-bond acceptors (Lipinski definition) is 8. The summed E-state index contributed by atoms with van der Waals surface area (Å²) >= 11 is 0. The minimum atomic E-state index is -0.599. The van der Waals surface area contributed by atoms with Gasteiger partial charge in [-0.25, -0.2) is 9.97 Å². The molecule has 3 heterocycles. The molecule has 1 unspecified atom stereocenters. The van der Waals surface area contributed by atoms with Crippen molar-refractivity contribution in [3.8, 4) is 28.4 Å². The molecule has 0 bridgehead atoms. The van der Waals surface area contributed by atoms with Gasteiger partial charge >= 0.3 is 0 Å². The molecule has 39 heavy (non-hydrogen) atoms.